The highest BCUT2D eigenvalue weighted by Gasteiger charge is 2.24. The van der Waals surface area contributed by atoms with Crippen LogP contribution in [0.3, 0.4) is 0 Å². The third-order valence-electron chi connectivity index (χ3n) is 1.23. The van der Waals surface area contributed by atoms with Crippen LogP contribution in [0.4, 0.5) is 0 Å². The van der Waals surface area contributed by atoms with Gasteiger partial charge in [-0.25, -0.2) is 4.79 Å². The fraction of sp³-hybridized carbons (Fsp3) is 0.833. The highest BCUT2D eigenvalue weighted by molar-refractivity contribution is 5.74. The molecule has 1 fully saturated rings. The van der Waals surface area contributed by atoms with Crippen molar-refractivity contribution in [1.29, 1.82) is 0 Å². The Labute approximate surface area is 58.7 Å². The van der Waals surface area contributed by atoms with Gasteiger partial charge in [0.2, 0.25) is 0 Å². The van der Waals surface area contributed by atoms with Crippen molar-refractivity contribution in [3.05, 3.63) is 0 Å². The molecule has 4 heteroatoms. The van der Waals surface area contributed by atoms with Gasteiger partial charge in [-0.05, 0) is 6.92 Å². The highest BCUT2D eigenvalue weighted by Crippen LogP contribution is 2.06. The number of aliphatic hydroxyl groups excluding tert-OH is 1. The summed E-state index contributed by atoms with van der Waals surface area (Å²) in [6, 6.07) is 0. The van der Waals surface area contributed by atoms with Crippen molar-refractivity contribution in [3.8, 4) is 0 Å². The van der Waals surface area contributed by atoms with E-state index in [9.17, 15) is 4.79 Å². The van der Waals surface area contributed by atoms with Gasteiger partial charge in [0.25, 0.3) is 0 Å². The van der Waals surface area contributed by atoms with Crippen LogP contribution in [0.5, 0.6) is 0 Å². The molecule has 0 aromatic carbocycles. The van der Waals surface area contributed by atoms with Crippen molar-refractivity contribution < 1.29 is 19.4 Å². The van der Waals surface area contributed by atoms with E-state index in [1.807, 2.05) is 0 Å². The molecule has 4 nitrogen and oxygen atoms in total. The molecule has 1 N–H and O–H groups in total. The van der Waals surface area contributed by atoms with Gasteiger partial charge >= 0.3 is 5.97 Å². The van der Waals surface area contributed by atoms with E-state index in [1.165, 1.54) is 6.92 Å². The summed E-state index contributed by atoms with van der Waals surface area (Å²) in [4.78, 5) is 10.6. The van der Waals surface area contributed by atoms with Crippen LogP contribution in [0.1, 0.15) is 6.92 Å². The molecule has 1 aliphatic rings. The first-order valence-corrected chi connectivity index (χ1v) is 3.16. The maximum absolute atomic E-state index is 10.6. The molecule has 10 heavy (non-hydrogen) atoms. The van der Waals surface area contributed by atoms with Crippen molar-refractivity contribution in [2.45, 2.75) is 19.1 Å². The average Bonchev–Trinajstić information content (AvgIpc) is 1.77. The van der Waals surface area contributed by atoms with E-state index in [1.54, 1.807) is 0 Å². The SMILES string of the molecule is C[C@H](O)C(=O)OC1COC1. The minimum absolute atomic E-state index is 0.137. The Morgan fingerprint density at radius 1 is 1.80 bits per heavy atom. The lowest BCUT2D eigenvalue weighted by Crippen LogP contribution is -2.39. The van der Waals surface area contributed by atoms with Gasteiger partial charge in [0.05, 0.1) is 13.2 Å². The lowest BCUT2D eigenvalue weighted by atomic mass is 10.3. The molecule has 0 aromatic rings. The first-order valence-electron chi connectivity index (χ1n) is 3.16. The number of hydrogen-bond donors (Lipinski definition) is 1. The van der Waals surface area contributed by atoms with Crippen LogP contribution in [0.25, 0.3) is 0 Å². The minimum Gasteiger partial charge on any atom is -0.456 e. The first kappa shape index (κ1) is 7.50. The standard InChI is InChI=1S/C6H10O4/c1-4(7)6(8)10-5-2-9-3-5/h4-5,7H,2-3H2,1H3/t4-/m0/s1. The molecule has 0 amide bonds. The maximum atomic E-state index is 10.6. The van der Waals surface area contributed by atoms with Crippen molar-refractivity contribution >= 4 is 5.97 Å². The lowest BCUT2D eigenvalue weighted by Gasteiger charge is -2.25. The van der Waals surface area contributed by atoms with Gasteiger partial charge in [0.1, 0.15) is 12.2 Å². The van der Waals surface area contributed by atoms with Gasteiger partial charge < -0.3 is 14.6 Å². The molecule has 1 saturated heterocycles. The molecule has 1 aliphatic heterocycles. The predicted octanol–water partition coefficient (Wildman–Crippen LogP) is -0.691. The van der Waals surface area contributed by atoms with Gasteiger partial charge in [-0.3, -0.25) is 0 Å². The quantitative estimate of drug-likeness (QED) is 0.524. The summed E-state index contributed by atoms with van der Waals surface area (Å²) in [6.45, 7) is 2.29. The summed E-state index contributed by atoms with van der Waals surface area (Å²) in [7, 11) is 0. The Morgan fingerprint density at radius 3 is 2.70 bits per heavy atom. The summed E-state index contributed by atoms with van der Waals surface area (Å²) in [5, 5.41) is 8.67. The number of rotatable bonds is 2. The normalized spacial score (nSPS) is 21.4. The van der Waals surface area contributed by atoms with Crippen molar-refractivity contribution in [1.82, 2.24) is 0 Å². The Balaban J connectivity index is 2.17. The Bertz CT molecular complexity index is 128. The largest absolute Gasteiger partial charge is 0.456 e. The van der Waals surface area contributed by atoms with E-state index in [0.29, 0.717) is 13.2 Å². The molecule has 0 spiro atoms. The molecule has 0 saturated carbocycles. The molecule has 0 radical (unpaired) electrons. The third-order valence-corrected chi connectivity index (χ3v) is 1.23. The summed E-state index contributed by atoms with van der Waals surface area (Å²) in [5.74, 6) is -0.576. The second-order valence-electron chi connectivity index (χ2n) is 2.27. The molecule has 0 aliphatic carbocycles. The molecular formula is C6H10O4. The third kappa shape index (κ3) is 1.68. The number of aliphatic hydroxyl groups is 1. The van der Waals surface area contributed by atoms with Crippen molar-refractivity contribution in [3.63, 3.8) is 0 Å². The summed E-state index contributed by atoms with van der Waals surface area (Å²) in [6.07, 6.45) is -1.16. The van der Waals surface area contributed by atoms with E-state index in [2.05, 4.69) is 0 Å². The van der Waals surface area contributed by atoms with Crippen LogP contribution in [-0.2, 0) is 14.3 Å². The number of hydrogen-bond acceptors (Lipinski definition) is 4. The van der Waals surface area contributed by atoms with Crippen LogP contribution >= 0.6 is 0 Å². The Hall–Kier alpha value is -0.610. The van der Waals surface area contributed by atoms with Gasteiger partial charge in [-0.1, -0.05) is 0 Å². The number of ether oxygens (including phenoxy) is 2. The van der Waals surface area contributed by atoms with Crippen LogP contribution < -0.4 is 0 Å². The fourth-order valence-corrected chi connectivity index (χ4v) is 0.545. The lowest BCUT2D eigenvalue weighted by molar-refractivity contribution is -0.180. The maximum Gasteiger partial charge on any atom is 0.335 e. The van der Waals surface area contributed by atoms with Gasteiger partial charge in [-0.2, -0.15) is 0 Å². The average molecular weight is 146 g/mol. The second-order valence-corrected chi connectivity index (χ2v) is 2.27. The zero-order valence-electron chi connectivity index (χ0n) is 5.74. The molecule has 1 rings (SSSR count). The zero-order chi connectivity index (χ0) is 7.56. The molecular weight excluding hydrogens is 136 g/mol. The molecule has 0 aromatic heterocycles. The minimum atomic E-state index is -1.03. The topological polar surface area (TPSA) is 55.8 Å². The predicted molar refractivity (Wildman–Crippen MR) is 32.4 cm³/mol. The molecule has 1 heterocycles. The monoisotopic (exact) mass is 146 g/mol. The van der Waals surface area contributed by atoms with Crippen LogP contribution in [0.2, 0.25) is 0 Å². The van der Waals surface area contributed by atoms with E-state index >= 15 is 0 Å². The zero-order valence-corrected chi connectivity index (χ0v) is 5.74. The van der Waals surface area contributed by atoms with Gasteiger partial charge in [0, 0.05) is 0 Å². The fourth-order valence-electron chi connectivity index (χ4n) is 0.545. The Morgan fingerprint density at radius 2 is 2.40 bits per heavy atom. The molecule has 0 unspecified atom stereocenters. The highest BCUT2D eigenvalue weighted by atomic mass is 16.6. The van der Waals surface area contributed by atoms with Crippen molar-refractivity contribution in [2.75, 3.05) is 13.2 Å². The van der Waals surface area contributed by atoms with E-state index in [4.69, 9.17) is 14.6 Å². The summed E-state index contributed by atoms with van der Waals surface area (Å²) in [5.41, 5.74) is 0. The van der Waals surface area contributed by atoms with E-state index in [-0.39, 0.29) is 6.10 Å². The van der Waals surface area contributed by atoms with Gasteiger partial charge in [0.15, 0.2) is 0 Å². The summed E-state index contributed by atoms with van der Waals surface area (Å²) >= 11 is 0. The molecule has 0 bridgehead atoms. The van der Waals surface area contributed by atoms with Crippen LogP contribution in [0.15, 0.2) is 0 Å². The summed E-state index contributed by atoms with van der Waals surface area (Å²) < 4.78 is 9.49. The van der Waals surface area contributed by atoms with Gasteiger partial charge in [-0.15, -0.1) is 0 Å². The Kier molecular flexibility index (Phi) is 2.24. The van der Waals surface area contributed by atoms with E-state index < -0.39 is 12.1 Å². The van der Waals surface area contributed by atoms with E-state index in [0.717, 1.165) is 0 Å². The second kappa shape index (κ2) is 2.98. The van der Waals surface area contributed by atoms with Crippen LogP contribution in [-0.4, -0.2) is 36.5 Å². The molecule has 58 valence electrons. The van der Waals surface area contributed by atoms with Crippen LogP contribution in [0, 0.1) is 0 Å². The smallest absolute Gasteiger partial charge is 0.335 e. The number of esters is 1. The number of carbonyl (C=O) groups excluding carboxylic acids is 1. The van der Waals surface area contributed by atoms with Crippen molar-refractivity contribution in [2.24, 2.45) is 0 Å². The molecule has 1 atom stereocenters. The number of carbonyl (C=O) groups is 1. The first-order chi connectivity index (χ1) is 4.70.